The highest BCUT2D eigenvalue weighted by atomic mass is 14.6. The Morgan fingerprint density at radius 1 is 0.792 bits per heavy atom. The highest BCUT2D eigenvalue weighted by Gasteiger charge is 2.54. The van der Waals surface area contributed by atoms with Gasteiger partial charge in [0.2, 0.25) is 0 Å². The zero-order valence-corrected chi connectivity index (χ0v) is 14.5. The Morgan fingerprint density at radius 3 is 2.08 bits per heavy atom. The number of hydrogen-bond donors (Lipinski definition) is 0. The van der Waals surface area contributed by atoms with E-state index in [0.29, 0.717) is 5.41 Å². The molecule has 0 spiro atoms. The molecule has 0 saturated heterocycles. The molecule has 5 aliphatic rings. The van der Waals surface area contributed by atoms with Crippen LogP contribution < -0.4 is 0 Å². The van der Waals surface area contributed by atoms with Gasteiger partial charge in [-0.05, 0) is 109 Å². The molecule has 1 unspecified atom stereocenters. The first kappa shape index (κ1) is 13.9. The zero-order chi connectivity index (χ0) is 15.7. The van der Waals surface area contributed by atoms with Crippen LogP contribution in [0.5, 0.6) is 0 Å². The Bertz CT molecular complexity index is 764. The molecule has 0 aliphatic heterocycles. The molecule has 4 fully saturated rings. The van der Waals surface area contributed by atoms with Crippen molar-refractivity contribution in [2.45, 2.75) is 51.4 Å². The first-order chi connectivity index (χ1) is 11.8. The second kappa shape index (κ2) is 4.87. The third kappa shape index (κ3) is 1.98. The van der Waals surface area contributed by atoms with Crippen molar-refractivity contribution < 1.29 is 0 Å². The van der Waals surface area contributed by atoms with Gasteiger partial charge in [0.05, 0.1) is 0 Å². The van der Waals surface area contributed by atoms with E-state index in [1.807, 2.05) is 0 Å². The molecular weight excluding hydrogens is 288 g/mol. The van der Waals surface area contributed by atoms with Crippen molar-refractivity contribution in [3.05, 3.63) is 53.9 Å². The predicted molar refractivity (Wildman–Crippen MR) is 99.8 cm³/mol. The lowest BCUT2D eigenvalue weighted by Crippen LogP contribution is -2.50. The third-order valence-corrected chi connectivity index (χ3v) is 7.99. The molecule has 2 aromatic rings. The second-order valence-corrected chi connectivity index (χ2v) is 9.49. The maximum absolute atomic E-state index is 2.71. The van der Waals surface area contributed by atoms with Gasteiger partial charge in [-0.15, -0.1) is 0 Å². The van der Waals surface area contributed by atoms with Crippen molar-refractivity contribution in [1.82, 2.24) is 0 Å². The van der Waals surface area contributed by atoms with E-state index < -0.39 is 0 Å². The van der Waals surface area contributed by atoms with E-state index in [-0.39, 0.29) is 0 Å². The highest BCUT2D eigenvalue weighted by molar-refractivity contribution is 5.84. The summed E-state index contributed by atoms with van der Waals surface area (Å²) in [6.45, 7) is 0. The van der Waals surface area contributed by atoms with E-state index in [2.05, 4.69) is 42.8 Å². The van der Waals surface area contributed by atoms with Gasteiger partial charge >= 0.3 is 0 Å². The van der Waals surface area contributed by atoms with Gasteiger partial charge < -0.3 is 0 Å². The highest BCUT2D eigenvalue weighted by Crippen LogP contribution is 2.64. The molecule has 2 aromatic carbocycles. The van der Waals surface area contributed by atoms with Gasteiger partial charge in [0.25, 0.3) is 0 Å². The molecule has 24 heavy (non-hydrogen) atoms. The number of rotatable bonds is 1. The summed E-state index contributed by atoms with van der Waals surface area (Å²) in [5.41, 5.74) is 3.83. The average molecular weight is 315 g/mol. The number of aryl methyl sites for hydroxylation is 1. The summed E-state index contributed by atoms with van der Waals surface area (Å²) in [6, 6.07) is 13.8. The third-order valence-electron chi connectivity index (χ3n) is 7.99. The summed E-state index contributed by atoms with van der Waals surface area (Å²) >= 11 is 0. The fraction of sp³-hybridized carbons (Fsp3) is 0.542. The summed E-state index contributed by atoms with van der Waals surface area (Å²) in [5.74, 6) is 4.06. The van der Waals surface area contributed by atoms with Crippen LogP contribution in [0.2, 0.25) is 0 Å². The molecule has 0 amide bonds. The first-order valence-electron chi connectivity index (χ1n) is 10.1. The topological polar surface area (TPSA) is 0 Å². The summed E-state index contributed by atoms with van der Waals surface area (Å²) in [4.78, 5) is 0. The van der Waals surface area contributed by atoms with Crippen LogP contribution in [0.15, 0.2) is 36.4 Å². The fourth-order valence-electron chi connectivity index (χ4n) is 7.40. The summed E-state index contributed by atoms with van der Waals surface area (Å²) in [5, 5.41) is 2.83. The fourth-order valence-corrected chi connectivity index (χ4v) is 7.40. The lowest BCUT2D eigenvalue weighted by Gasteiger charge is -2.60. The van der Waals surface area contributed by atoms with Crippen molar-refractivity contribution in [3.8, 4) is 0 Å². The van der Waals surface area contributed by atoms with Gasteiger partial charge in [0, 0.05) is 0 Å². The van der Waals surface area contributed by atoms with Gasteiger partial charge in [0.1, 0.15) is 0 Å². The molecule has 0 nitrogen and oxygen atoms in total. The van der Waals surface area contributed by atoms with Crippen LogP contribution in [0.4, 0.5) is 0 Å². The Hall–Kier alpha value is -1.30. The molecule has 1 radical (unpaired) electrons. The quantitative estimate of drug-likeness (QED) is 0.590. The molecule has 0 heteroatoms. The zero-order valence-electron chi connectivity index (χ0n) is 14.5. The standard InChI is InChI=1S/C24H27/c1-2-4-20-11-22-12-23(6-5-21(22)10-19(20)3-1)24-13-16-7-17(14-24)9-18(8-16)15-24/h1-4,10-12,16-18,23H,5-9,13-15H2. The largest absolute Gasteiger partial charge is 0.0616 e. The molecule has 7 rings (SSSR count). The normalized spacial score (nSPS) is 40.0. The van der Waals surface area contributed by atoms with Crippen LogP contribution >= 0.6 is 0 Å². The molecule has 5 aliphatic carbocycles. The van der Waals surface area contributed by atoms with E-state index >= 15 is 0 Å². The number of fused-ring (bicyclic) bond motifs is 2. The van der Waals surface area contributed by atoms with Gasteiger partial charge in [0.15, 0.2) is 0 Å². The molecule has 0 heterocycles. The second-order valence-electron chi connectivity index (χ2n) is 9.49. The van der Waals surface area contributed by atoms with Crippen LogP contribution in [0.25, 0.3) is 10.8 Å². The lowest BCUT2D eigenvalue weighted by molar-refractivity contribution is -0.0814. The summed E-state index contributed by atoms with van der Waals surface area (Å²) in [7, 11) is 0. The first-order valence-corrected chi connectivity index (χ1v) is 10.1. The van der Waals surface area contributed by atoms with Crippen molar-refractivity contribution in [3.63, 3.8) is 0 Å². The Balaban J connectivity index is 1.36. The molecule has 4 saturated carbocycles. The van der Waals surface area contributed by atoms with Gasteiger partial charge in [-0.2, -0.15) is 0 Å². The summed E-state index contributed by atoms with van der Waals surface area (Å²) < 4.78 is 0. The SMILES string of the molecule is [CH]1c2cc3ccccc3cc2CCC1C12CC3CC(CC(C3)C1)C2. The maximum atomic E-state index is 2.71. The minimum atomic E-state index is 0.679. The number of hydrogen-bond acceptors (Lipinski definition) is 0. The van der Waals surface area contributed by atoms with Crippen LogP contribution in [0, 0.1) is 35.5 Å². The monoisotopic (exact) mass is 315 g/mol. The van der Waals surface area contributed by atoms with Crippen LogP contribution in [-0.4, -0.2) is 0 Å². The Morgan fingerprint density at radius 2 is 1.42 bits per heavy atom. The molecule has 4 bridgehead atoms. The smallest absolute Gasteiger partial charge is 0.00534 e. The van der Waals surface area contributed by atoms with Gasteiger partial charge in [-0.1, -0.05) is 36.4 Å². The van der Waals surface area contributed by atoms with E-state index in [1.54, 1.807) is 49.7 Å². The predicted octanol–water partition coefficient (Wildman–Crippen LogP) is 6.17. The Labute approximate surface area is 145 Å². The molecule has 123 valence electrons. The Kier molecular flexibility index (Phi) is 2.83. The van der Waals surface area contributed by atoms with E-state index in [0.717, 1.165) is 23.7 Å². The minimum Gasteiger partial charge on any atom is -0.0616 e. The lowest BCUT2D eigenvalue weighted by atomic mass is 9.45. The van der Waals surface area contributed by atoms with E-state index in [9.17, 15) is 0 Å². The van der Waals surface area contributed by atoms with E-state index in [4.69, 9.17) is 0 Å². The number of benzene rings is 2. The van der Waals surface area contributed by atoms with Crippen molar-refractivity contribution >= 4 is 10.8 Å². The van der Waals surface area contributed by atoms with Crippen LogP contribution in [-0.2, 0) is 6.42 Å². The van der Waals surface area contributed by atoms with E-state index in [1.165, 1.54) is 23.6 Å². The van der Waals surface area contributed by atoms with Gasteiger partial charge in [-0.25, -0.2) is 0 Å². The molecule has 1 atom stereocenters. The molecular formula is C24H27. The van der Waals surface area contributed by atoms with Crippen molar-refractivity contribution in [1.29, 1.82) is 0 Å². The molecule has 0 N–H and O–H groups in total. The molecule has 0 aromatic heterocycles. The van der Waals surface area contributed by atoms with Crippen LogP contribution in [0.1, 0.15) is 56.1 Å². The van der Waals surface area contributed by atoms with Gasteiger partial charge in [-0.3, -0.25) is 0 Å². The summed E-state index contributed by atoms with van der Waals surface area (Å²) in [6.07, 6.45) is 14.7. The van der Waals surface area contributed by atoms with Crippen molar-refractivity contribution in [2.75, 3.05) is 0 Å². The minimum absolute atomic E-state index is 0.679. The average Bonchev–Trinajstić information content (AvgIpc) is 2.58. The van der Waals surface area contributed by atoms with Crippen molar-refractivity contribution in [2.24, 2.45) is 29.1 Å². The van der Waals surface area contributed by atoms with Crippen LogP contribution in [0.3, 0.4) is 0 Å². The maximum Gasteiger partial charge on any atom is -0.00534 e.